The van der Waals surface area contributed by atoms with Crippen LogP contribution in [0.4, 0.5) is 0 Å². The molecule has 0 aromatic carbocycles. The highest BCUT2D eigenvalue weighted by Gasteiger charge is 2.27. The van der Waals surface area contributed by atoms with Gasteiger partial charge in [-0.25, -0.2) is 0 Å². The first-order chi connectivity index (χ1) is 12.5. The van der Waals surface area contributed by atoms with E-state index in [4.69, 9.17) is 0 Å². The number of unbranched alkanes of at least 4 members (excludes halogenated alkanes) is 1. The molecule has 2 atom stereocenters. The molecule has 0 heterocycles. The largest absolute Gasteiger partial charge is 0.469 e. The zero-order chi connectivity index (χ0) is 19.4. The van der Waals surface area contributed by atoms with Crippen molar-refractivity contribution in [3.8, 4) is 0 Å². The molecule has 0 amide bonds. The van der Waals surface area contributed by atoms with Gasteiger partial charge in [0.05, 0.1) is 16.8 Å². The SMILES string of the molecule is CC/C=C\C[C@H](O)C/C=C1/C(=O)C(I)=C[C@@H]1C/C=C\CCCC(=O)OC. The van der Waals surface area contributed by atoms with E-state index in [2.05, 4.69) is 46.4 Å². The van der Waals surface area contributed by atoms with Crippen molar-refractivity contribution in [2.45, 2.75) is 58.0 Å². The highest BCUT2D eigenvalue weighted by atomic mass is 127. The lowest BCUT2D eigenvalue weighted by Gasteiger charge is -2.09. The van der Waals surface area contributed by atoms with Crippen molar-refractivity contribution >= 4 is 34.3 Å². The molecule has 1 aliphatic rings. The highest BCUT2D eigenvalue weighted by molar-refractivity contribution is 14.1. The first-order valence-corrected chi connectivity index (χ1v) is 10.2. The van der Waals surface area contributed by atoms with Crippen LogP contribution in [0.1, 0.15) is 51.9 Å². The van der Waals surface area contributed by atoms with E-state index in [0.717, 1.165) is 34.8 Å². The van der Waals surface area contributed by atoms with Gasteiger partial charge < -0.3 is 9.84 Å². The second-order valence-corrected chi connectivity index (χ2v) is 7.45. The van der Waals surface area contributed by atoms with Crippen LogP contribution >= 0.6 is 22.6 Å². The number of ether oxygens (including phenoxy) is 1. The molecule has 0 saturated heterocycles. The van der Waals surface area contributed by atoms with Crippen LogP contribution in [-0.4, -0.2) is 30.1 Å². The van der Waals surface area contributed by atoms with E-state index in [-0.39, 0.29) is 17.7 Å². The van der Waals surface area contributed by atoms with E-state index < -0.39 is 6.10 Å². The molecule has 4 nitrogen and oxygen atoms in total. The Kier molecular flexibility index (Phi) is 11.4. The van der Waals surface area contributed by atoms with E-state index in [1.54, 1.807) is 0 Å². The summed E-state index contributed by atoms with van der Waals surface area (Å²) in [5.41, 5.74) is 0.784. The molecular formula is C21H29IO4. The summed E-state index contributed by atoms with van der Waals surface area (Å²) in [6.45, 7) is 2.06. The van der Waals surface area contributed by atoms with Crippen LogP contribution in [0.25, 0.3) is 0 Å². The Morgan fingerprint density at radius 2 is 2.08 bits per heavy atom. The van der Waals surface area contributed by atoms with Gasteiger partial charge in [0.1, 0.15) is 0 Å². The summed E-state index contributed by atoms with van der Waals surface area (Å²) in [5.74, 6) is -0.0366. The van der Waals surface area contributed by atoms with Crippen molar-refractivity contribution < 1.29 is 19.4 Å². The summed E-state index contributed by atoms with van der Waals surface area (Å²) in [5, 5.41) is 10.0. The number of aliphatic hydroxyl groups excluding tert-OH is 1. The number of halogens is 1. The number of methoxy groups -OCH3 is 1. The van der Waals surface area contributed by atoms with Crippen molar-refractivity contribution in [2.75, 3.05) is 7.11 Å². The molecule has 0 spiro atoms. The fourth-order valence-electron chi connectivity index (χ4n) is 2.69. The van der Waals surface area contributed by atoms with Gasteiger partial charge in [0.2, 0.25) is 0 Å². The zero-order valence-corrected chi connectivity index (χ0v) is 17.8. The van der Waals surface area contributed by atoms with Crippen LogP contribution < -0.4 is 0 Å². The smallest absolute Gasteiger partial charge is 0.305 e. The van der Waals surface area contributed by atoms with Crippen LogP contribution in [0.5, 0.6) is 0 Å². The average molecular weight is 472 g/mol. The second-order valence-electron chi connectivity index (χ2n) is 6.29. The lowest BCUT2D eigenvalue weighted by molar-refractivity contribution is -0.140. The molecule has 0 unspecified atom stereocenters. The summed E-state index contributed by atoms with van der Waals surface area (Å²) in [6, 6.07) is 0. The van der Waals surface area contributed by atoms with Crippen molar-refractivity contribution in [2.24, 2.45) is 5.92 Å². The van der Waals surface area contributed by atoms with Crippen molar-refractivity contribution in [3.63, 3.8) is 0 Å². The molecule has 0 bridgehead atoms. The number of hydrogen-bond acceptors (Lipinski definition) is 4. The number of esters is 1. The Balaban J connectivity index is 2.51. The number of allylic oxidation sites excluding steroid dienone is 6. The van der Waals surface area contributed by atoms with Gasteiger partial charge in [0, 0.05) is 17.9 Å². The molecule has 5 heteroatoms. The summed E-state index contributed by atoms with van der Waals surface area (Å²) in [4.78, 5) is 23.4. The van der Waals surface area contributed by atoms with E-state index in [1.165, 1.54) is 7.11 Å². The second kappa shape index (κ2) is 13.0. The summed E-state index contributed by atoms with van der Waals surface area (Å²) in [6.07, 6.45) is 16.4. The minimum Gasteiger partial charge on any atom is -0.469 e. The van der Waals surface area contributed by atoms with Crippen LogP contribution in [0.15, 0.2) is 45.6 Å². The Hall–Kier alpha value is -1.21. The number of ketones is 1. The predicted molar refractivity (Wildman–Crippen MR) is 113 cm³/mol. The number of aliphatic hydroxyl groups is 1. The minimum absolute atomic E-state index is 0.0737. The van der Waals surface area contributed by atoms with E-state index in [0.29, 0.717) is 19.3 Å². The Labute approximate surface area is 170 Å². The van der Waals surface area contributed by atoms with E-state index in [1.807, 2.05) is 24.3 Å². The minimum atomic E-state index is -0.453. The van der Waals surface area contributed by atoms with Gasteiger partial charge in [-0.2, -0.15) is 0 Å². The van der Waals surface area contributed by atoms with Crippen LogP contribution in [0, 0.1) is 5.92 Å². The molecule has 1 N–H and O–H groups in total. The van der Waals surface area contributed by atoms with Gasteiger partial charge in [-0.1, -0.05) is 43.4 Å². The summed E-state index contributed by atoms with van der Waals surface area (Å²) < 4.78 is 5.36. The van der Waals surface area contributed by atoms with Gasteiger partial charge in [-0.05, 0) is 61.1 Å². The van der Waals surface area contributed by atoms with Gasteiger partial charge in [0.15, 0.2) is 5.78 Å². The Bertz CT molecular complexity index is 587. The van der Waals surface area contributed by atoms with Gasteiger partial charge >= 0.3 is 5.97 Å². The van der Waals surface area contributed by atoms with Gasteiger partial charge in [0.25, 0.3) is 0 Å². The third-order valence-electron chi connectivity index (χ3n) is 4.18. The zero-order valence-electron chi connectivity index (χ0n) is 15.6. The molecule has 0 aliphatic heterocycles. The van der Waals surface area contributed by atoms with E-state index >= 15 is 0 Å². The molecule has 1 aliphatic carbocycles. The third-order valence-corrected chi connectivity index (χ3v) is 5.03. The molecule has 0 saturated carbocycles. The highest BCUT2D eigenvalue weighted by Crippen LogP contribution is 2.33. The molecule has 0 aromatic rings. The first kappa shape index (κ1) is 22.8. The van der Waals surface area contributed by atoms with E-state index in [9.17, 15) is 14.7 Å². The third kappa shape index (κ3) is 8.45. The lowest BCUT2D eigenvalue weighted by Crippen LogP contribution is -2.07. The first-order valence-electron chi connectivity index (χ1n) is 9.16. The molecule has 0 aromatic heterocycles. The lowest BCUT2D eigenvalue weighted by atomic mass is 9.96. The predicted octanol–water partition coefficient (Wildman–Crippen LogP) is 4.83. The maximum absolute atomic E-state index is 12.3. The van der Waals surface area contributed by atoms with Crippen LogP contribution in [0.2, 0.25) is 0 Å². The molecular weight excluding hydrogens is 443 g/mol. The molecule has 26 heavy (non-hydrogen) atoms. The summed E-state index contributed by atoms with van der Waals surface area (Å²) in [7, 11) is 1.40. The molecule has 144 valence electrons. The van der Waals surface area contributed by atoms with Crippen molar-refractivity contribution in [3.05, 3.63) is 45.6 Å². The van der Waals surface area contributed by atoms with Gasteiger partial charge in [-0.3, -0.25) is 9.59 Å². The summed E-state index contributed by atoms with van der Waals surface area (Å²) >= 11 is 2.08. The quantitative estimate of drug-likeness (QED) is 0.154. The number of hydrogen-bond donors (Lipinski definition) is 1. The monoisotopic (exact) mass is 472 g/mol. The average Bonchev–Trinajstić information content (AvgIpc) is 2.89. The van der Waals surface area contributed by atoms with Crippen molar-refractivity contribution in [1.29, 1.82) is 0 Å². The molecule has 1 rings (SSSR count). The van der Waals surface area contributed by atoms with Crippen LogP contribution in [0.3, 0.4) is 0 Å². The maximum Gasteiger partial charge on any atom is 0.305 e. The number of carbonyl (C=O) groups excluding carboxylic acids is 2. The normalized spacial score (nSPS) is 20.3. The molecule has 0 fully saturated rings. The Morgan fingerprint density at radius 3 is 2.77 bits per heavy atom. The number of carbonyl (C=O) groups is 2. The Morgan fingerprint density at radius 1 is 1.31 bits per heavy atom. The fraction of sp³-hybridized carbons (Fsp3) is 0.524. The fourth-order valence-corrected chi connectivity index (χ4v) is 3.44. The topological polar surface area (TPSA) is 63.6 Å². The molecule has 0 radical (unpaired) electrons. The van der Waals surface area contributed by atoms with Gasteiger partial charge in [-0.15, -0.1) is 0 Å². The van der Waals surface area contributed by atoms with Crippen molar-refractivity contribution in [1.82, 2.24) is 0 Å². The standard InChI is InChI=1S/C21H29IO4/c1-3-4-7-11-17(23)13-14-18-16(15-19(22)21(18)25)10-8-5-6-9-12-20(24)26-2/h4-5,7-8,14-17,23H,3,6,9-13H2,1-2H3/b7-4-,8-5-,18-14+/t16-,17-/m0/s1. The number of rotatable bonds is 11. The number of Topliss-reactive ketones (excluding diaryl/α,β-unsaturated/α-hetero) is 1. The van der Waals surface area contributed by atoms with Crippen LogP contribution in [-0.2, 0) is 14.3 Å². The maximum atomic E-state index is 12.3.